The van der Waals surface area contributed by atoms with Crippen LogP contribution in [0.2, 0.25) is 0 Å². The lowest BCUT2D eigenvalue weighted by Crippen LogP contribution is -2.37. The van der Waals surface area contributed by atoms with Gasteiger partial charge in [0.15, 0.2) is 9.84 Å². The van der Waals surface area contributed by atoms with Gasteiger partial charge in [-0.25, -0.2) is 8.42 Å². The minimum atomic E-state index is -2.97. The van der Waals surface area contributed by atoms with Crippen molar-refractivity contribution in [3.63, 3.8) is 0 Å². The zero-order valence-corrected chi connectivity index (χ0v) is 9.86. The number of sulfone groups is 1. The third kappa shape index (κ3) is 4.07. The summed E-state index contributed by atoms with van der Waals surface area (Å²) in [6.45, 7) is 0.855. The van der Waals surface area contributed by atoms with Crippen LogP contribution in [0.1, 0.15) is 6.42 Å². The third-order valence-corrected chi connectivity index (χ3v) is 4.29. The molecule has 1 heterocycles. The summed E-state index contributed by atoms with van der Waals surface area (Å²) in [6.07, 6.45) is 1.16. The lowest BCUT2D eigenvalue weighted by atomic mass is 10.2. The lowest BCUT2D eigenvalue weighted by Gasteiger charge is -2.23. The van der Waals surface area contributed by atoms with Gasteiger partial charge in [-0.05, 0) is 6.42 Å². The molecule has 0 aromatic carbocycles. The van der Waals surface area contributed by atoms with Gasteiger partial charge in [0.1, 0.15) is 0 Å². The molecule has 0 radical (unpaired) electrons. The molecule has 0 unspecified atom stereocenters. The van der Waals surface area contributed by atoms with E-state index < -0.39 is 9.84 Å². The normalized spacial score (nSPS) is 23.2. The van der Waals surface area contributed by atoms with Crippen LogP contribution in [0.15, 0.2) is 0 Å². The number of carbonyl (C=O) groups excluding carboxylic acids is 1. The molecule has 0 bridgehead atoms. The number of ether oxygens (including phenoxy) is 1. The van der Waals surface area contributed by atoms with Crippen molar-refractivity contribution in [1.29, 1.82) is 0 Å². The molecule has 1 aliphatic heterocycles. The second-order valence-corrected chi connectivity index (χ2v) is 5.96. The molecular weight excluding hydrogens is 234 g/mol. The first-order chi connectivity index (χ1) is 7.59. The van der Waals surface area contributed by atoms with Crippen molar-refractivity contribution in [2.45, 2.75) is 12.5 Å². The smallest absolute Gasteiger partial charge is 0.210 e. The van der Waals surface area contributed by atoms with Gasteiger partial charge in [0, 0.05) is 12.6 Å². The molecule has 1 aliphatic rings. The van der Waals surface area contributed by atoms with Gasteiger partial charge in [0.05, 0.1) is 31.3 Å². The Morgan fingerprint density at radius 1 is 1.44 bits per heavy atom. The molecule has 7 heteroatoms. The zero-order chi connectivity index (χ0) is 12.0. The highest BCUT2D eigenvalue weighted by atomic mass is 32.2. The number of amides is 1. The van der Waals surface area contributed by atoms with Crippen molar-refractivity contribution >= 4 is 16.2 Å². The van der Waals surface area contributed by atoms with Crippen LogP contribution in [-0.4, -0.2) is 68.7 Å². The fraction of sp³-hybridized carbons (Fsp3) is 0.889. The lowest BCUT2D eigenvalue weighted by molar-refractivity contribution is -0.120. The van der Waals surface area contributed by atoms with Crippen molar-refractivity contribution in [2.75, 3.05) is 37.9 Å². The Hall–Kier alpha value is -0.660. The second-order valence-electron chi connectivity index (χ2n) is 3.74. The fourth-order valence-electron chi connectivity index (χ4n) is 1.69. The quantitative estimate of drug-likeness (QED) is 0.446. The summed E-state index contributed by atoms with van der Waals surface area (Å²) in [5.74, 6) is 0.200. The third-order valence-electron chi connectivity index (χ3n) is 2.54. The molecule has 0 aromatic rings. The van der Waals surface area contributed by atoms with E-state index in [2.05, 4.69) is 0 Å². The maximum Gasteiger partial charge on any atom is 0.210 e. The molecular formula is C9H17NO5S. The van der Waals surface area contributed by atoms with Gasteiger partial charge in [-0.3, -0.25) is 4.79 Å². The Bertz CT molecular complexity index is 316. The summed E-state index contributed by atoms with van der Waals surface area (Å²) < 4.78 is 27.5. The van der Waals surface area contributed by atoms with Crippen LogP contribution >= 0.6 is 0 Å². The standard InChI is InChI=1S/C9H17NO5S/c11-3-5-15-4-2-10(8-12)9-1-6-16(13,14)7-9/h8-9,11H,1-7H2/t9-/m1/s1. The highest BCUT2D eigenvalue weighted by Crippen LogP contribution is 2.16. The van der Waals surface area contributed by atoms with E-state index in [9.17, 15) is 13.2 Å². The Morgan fingerprint density at radius 2 is 2.19 bits per heavy atom. The molecule has 1 atom stereocenters. The molecule has 0 aromatic heterocycles. The first kappa shape index (κ1) is 13.4. The molecule has 6 nitrogen and oxygen atoms in total. The van der Waals surface area contributed by atoms with E-state index in [-0.39, 0.29) is 30.8 Å². The average molecular weight is 251 g/mol. The Balaban J connectivity index is 2.34. The largest absolute Gasteiger partial charge is 0.394 e. The molecule has 0 aliphatic carbocycles. The van der Waals surface area contributed by atoms with Crippen LogP contribution in [0.5, 0.6) is 0 Å². The van der Waals surface area contributed by atoms with Gasteiger partial charge in [-0.1, -0.05) is 0 Å². The predicted molar refractivity (Wildman–Crippen MR) is 57.7 cm³/mol. The molecule has 1 rings (SSSR count). The Labute approximate surface area is 95.1 Å². The van der Waals surface area contributed by atoms with Gasteiger partial charge >= 0.3 is 0 Å². The van der Waals surface area contributed by atoms with Crippen molar-refractivity contribution in [2.24, 2.45) is 0 Å². The molecule has 16 heavy (non-hydrogen) atoms. The van der Waals surface area contributed by atoms with E-state index in [0.717, 1.165) is 0 Å². The summed E-state index contributed by atoms with van der Waals surface area (Å²) >= 11 is 0. The van der Waals surface area contributed by atoms with Gasteiger partial charge in [0.2, 0.25) is 6.41 Å². The molecule has 1 fully saturated rings. The van der Waals surface area contributed by atoms with Crippen LogP contribution in [0.3, 0.4) is 0 Å². The van der Waals surface area contributed by atoms with Gasteiger partial charge in [-0.2, -0.15) is 0 Å². The zero-order valence-electron chi connectivity index (χ0n) is 9.04. The molecule has 1 saturated heterocycles. The number of aliphatic hydroxyl groups excluding tert-OH is 1. The minimum Gasteiger partial charge on any atom is -0.394 e. The van der Waals surface area contributed by atoms with Crippen molar-refractivity contribution in [3.05, 3.63) is 0 Å². The summed E-state index contributed by atoms with van der Waals surface area (Å²) in [4.78, 5) is 12.3. The van der Waals surface area contributed by atoms with Crippen molar-refractivity contribution in [3.8, 4) is 0 Å². The van der Waals surface area contributed by atoms with Crippen LogP contribution in [0.4, 0.5) is 0 Å². The summed E-state index contributed by atoms with van der Waals surface area (Å²) in [6, 6.07) is -0.222. The van der Waals surface area contributed by atoms with E-state index in [4.69, 9.17) is 9.84 Å². The highest BCUT2D eigenvalue weighted by Gasteiger charge is 2.31. The summed E-state index contributed by atoms with van der Waals surface area (Å²) in [5, 5.41) is 8.48. The summed E-state index contributed by atoms with van der Waals surface area (Å²) in [5.41, 5.74) is 0. The Kier molecular flexibility index (Phi) is 5.17. The van der Waals surface area contributed by atoms with Crippen molar-refractivity contribution < 1.29 is 23.1 Å². The number of carbonyl (C=O) groups is 1. The number of nitrogens with zero attached hydrogens (tertiary/aromatic N) is 1. The maximum atomic E-state index is 11.2. The van der Waals surface area contributed by atoms with Gasteiger partial charge in [0.25, 0.3) is 0 Å². The number of rotatable bonds is 7. The average Bonchev–Trinajstić information content (AvgIpc) is 2.59. The molecule has 0 saturated carbocycles. The van der Waals surface area contributed by atoms with E-state index in [0.29, 0.717) is 26.0 Å². The Morgan fingerprint density at radius 3 is 2.69 bits per heavy atom. The van der Waals surface area contributed by atoms with E-state index in [1.54, 1.807) is 0 Å². The number of hydrogen-bond donors (Lipinski definition) is 1. The maximum absolute atomic E-state index is 11.2. The molecule has 0 spiro atoms. The van der Waals surface area contributed by atoms with Crippen LogP contribution in [0, 0.1) is 0 Å². The van der Waals surface area contributed by atoms with E-state index in [1.165, 1.54) is 4.90 Å². The second kappa shape index (κ2) is 6.17. The first-order valence-electron chi connectivity index (χ1n) is 5.19. The van der Waals surface area contributed by atoms with Crippen molar-refractivity contribution in [1.82, 2.24) is 4.90 Å². The van der Waals surface area contributed by atoms with E-state index in [1.807, 2.05) is 0 Å². The number of hydrogen-bond acceptors (Lipinski definition) is 5. The van der Waals surface area contributed by atoms with Crippen LogP contribution < -0.4 is 0 Å². The topological polar surface area (TPSA) is 83.9 Å². The predicted octanol–water partition coefficient (Wildman–Crippen LogP) is -1.36. The first-order valence-corrected chi connectivity index (χ1v) is 7.01. The van der Waals surface area contributed by atoms with Gasteiger partial charge in [-0.15, -0.1) is 0 Å². The minimum absolute atomic E-state index is 0.0474. The van der Waals surface area contributed by atoms with Gasteiger partial charge < -0.3 is 14.7 Å². The molecule has 1 N–H and O–H groups in total. The molecule has 94 valence electrons. The monoisotopic (exact) mass is 251 g/mol. The SMILES string of the molecule is O=CN(CCOCCO)[C@@H]1CCS(=O)(=O)C1. The fourth-order valence-corrected chi connectivity index (χ4v) is 3.44. The van der Waals surface area contributed by atoms with Crippen LogP contribution in [-0.2, 0) is 19.4 Å². The van der Waals surface area contributed by atoms with Crippen LogP contribution in [0.25, 0.3) is 0 Å². The number of aliphatic hydroxyl groups is 1. The summed E-state index contributed by atoms with van der Waals surface area (Å²) in [7, 11) is -2.97. The van der Waals surface area contributed by atoms with E-state index >= 15 is 0 Å². The molecule has 1 amide bonds. The highest BCUT2D eigenvalue weighted by molar-refractivity contribution is 7.91.